The van der Waals surface area contributed by atoms with Crippen LogP contribution in [0.4, 0.5) is 0 Å². The van der Waals surface area contributed by atoms with E-state index in [1.807, 2.05) is 0 Å². The van der Waals surface area contributed by atoms with Crippen molar-refractivity contribution in [2.24, 2.45) is 0 Å². The minimum atomic E-state index is -1.28. The molecule has 0 radical (unpaired) electrons. The number of rotatable bonds is 3. The van der Waals surface area contributed by atoms with Crippen molar-refractivity contribution in [3.63, 3.8) is 0 Å². The van der Waals surface area contributed by atoms with Gasteiger partial charge < -0.3 is 14.7 Å². The van der Waals surface area contributed by atoms with Crippen molar-refractivity contribution in [2.45, 2.75) is 13.5 Å². The zero-order valence-corrected chi connectivity index (χ0v) is 12.2. The Balaban J connectivity index is 2.10. The van der Waals surface area contributed by atoms with Gasteiger partial charge in [-0.25, -0.2) is 9.78 Å². The number of aromatic amines is 1. The van der Waals surface area contributed by atoms with E-state index in [0.29, 0.717) is 16.5 Å². The van der Waals surface area contributed by atoms with E-state index in [2.05, 4.69) is 9.97 Å². The second-order valence-electron chi connectivity index (χ2n) is 5.14. The van der Waals surface area contributed by atoms with E-state index < -0.39 is 11.5 Å². The van der Waals surface area contributed by atoms with Gasteiger partial charge >= 0.3 is 5.97 Å². The van der Waals surface area contributed by atoms with Crippen molar-refractivity contribution < 1.29 is 9.90 Å². The van der Waals surface area contributed by atoms with Crippen molar-refractivity contribution in [1.29, 1.82) is 0 Å². The number of pyridine rings is 1. The lowest BCUT2D eigenvalue weighted by Crippen LogP contribution is -2.28. The number of benzene rings is 1. The van der Waals surface area contributed by atoms with Crippen LogP contribution in [-0.2, 0) is 6.54 Å². The first kappa shape index (κ1) is 14.7. The number of hydrogen-bond acceptors (Lipinski definition) is 4. The lowest BCUT2D eigenvalue weighted by Gasteiger charge is -2.08. The Morgan fingerprint density at radius 3 is 2.74 bits per heavy atom. The first-order chi connectivity index (χ1) is 11.0. The lowest BCUT2D eigenvalue weighted by molar-refractivity contribution is 0.0693. The van der Waals surface area contributed by atoms with Gasteiger partial charge in [-0.1, -0.05) is 12.1 Å². The number of para-hydroxylation sites is 1. The minimum absolute atomic E-state index is 0.0144. The van der Waals surface area contributed by atoms with Gasteiger partial charge in [-0.05, 0) is 30.7 Å². The van der Waals surface area contributed by atoms with Crippen LogP contribution in [-0.4, -0.2) is 25.6 Å². The van der Waals surface area contributed by atoms with Crippen LogP contribution in [0.2, 0.25) is 0 Å². The molecular formula is C16H13N3O4. The quantitative estimate of drug-likeness (QED) is 0.754. The highest BCUT2D eigenvalue weighted by atomic mass is 16.4. The zero-order valence-electron chi connectivity index (χ0n) is 12.2. The van der Waals surface area contributed by atoms with Crippen LogP contribution < -0.4 is 11.1 Å². The van der Waals surface area contributed by atoms with Crippen LogP contribution >= 0.6 is 0 Å². The van der Waals surface area contributed by atoms with Gasteiger partial charge in [0.05, 0.1) is 17.4 Å². The van der Waals surface area contributed by atoms with Gasteiger partial charge in [0.1, 0.15) is 11.4 Å². The summed E-state index contributed by atoms with van der Waals surface area (Å²) in [5.74, 6) is -0.988. The maximum absolute atomic E-state index is 12.2. The minimum Gasteiger partial charge on any atom is -0.477 e. The first-order valence-corrected chi connectivity index (χ1v) is 6.88. The summed E-state index contributed by atoms with van der Waals surface area (Å²) in [6.45, 7) is 1.55. The van der Waals surface area contributed by atoms with E-state index in [1.165, 1.54) is 10.8 Å². The van der Waals surface area contributed by atoms with Crippen LogP contribution in [0.15, 0.2) is 46.1 Å². The summed E-state index contributed by atoms with van der Waals surface area (Å²) in [7, 11) is 0. The fraction of sp³-hybridized carbons (Fsp3) is 0.125. The summed E-state index contributed by atoms with van der Waals surface area (Å²) < 4.78 is 1.21. The predicted molar refractivity (Wildman–Crippen MR) is 83.9 cm³/mol. The second kappa shape index (κ2) is 5.53. The Bertz CT molecular complexity index is 1030. The van der Waals surface area contributed by atoms with E-state index in [1.54, 1.807) is 37.3 Å². The Kier molecular flexibility index (Phi) is 3.53. The molecule has 7 heteroatoms. The van der Waals surface area contributed by atoms with Gasteiger partial charge in [-0.15, -0.1) is 0 Å². The number of aromatic carboxylic acids is 1. The van der Waals surface area contributed by atoms with Gasteiger partial charge in [0.25, 0.3) is 11.1 Å². The molecule has 3 rings (SSSR count). The molecule has 1 aromatic carbocycles. The number of nitrogens with zero attached hydrogens (tertiary/aromatic N) is 2. The summed E-state index contributed by atoms with van der Waals surface area (Å²) in [6.07, 6.45) is 1.49. The molecule has 0 unspecified atom stereocenters. The Hall–Kier alpha value is -3.22. The molecule has 0 aliphatic heterocycles. The van der Waals surface area contributed by atoms with Crippen LogP contribution in [0, 0.1) is 6.92 Å². The number of hydrogen-bond donors (Lipinski definition) is 2. The molecule has 7 nitrogen and oxygen atoms in total. The number of nitrogens with one attached hydrogen (secondary N) is 1. The molecule has 23 heavy (non-hydrogen) atoms. The molecule has 0 saturated carbocycles. The predicted octanol–water partition coefficient (Wildman–Crippen LogP) is 1.14. The highest BCUT2D eigenvalue weighted by molar-refractivity contribution is 5.88. The van der Waals surface area contributed by atoms with Crippen LogP contribution in [0.25, 0.3) is 10.9 Å². The average molecular weight is 311 g/mol. The molecular weight excluding hydrogens is 298 g/mol. The van der Waals surface area contributed by atoms with Crippen LogP contribution in [0.5, 0.6) is 0 Å². The van der Waals surface area contributed by atoms with Gasteiger partial charge in [0.2, 0.25) is 0 Å². The van der Waals surface area contributed by atoms with E-state index in [9.17, 15) is 14.4 Å². The van der Waals surface area contributed by atoms with Crippen LogP contribution in [0.1, 0.15) is 21.7 Å². The topological polar surface area (TPSA) is 105 Å². The Morgan fingerprint density at radius 1 is 1.26 bits per heavy atom. The first-order valence-electron chi connectivity index (χ1n) is 6.88. The number of carbonyl (C=O) groups is 1. The molecule has 0 fully saturated rings. The van der Waals surface area contributed by atoms with E-state index >= 15 is 0 Å². The number of H-pyrrole nitrogens is 1. The monoisotopic (exact) mass is 311 g/mol. The summed E-state index contributed by atoms with van der Waals surface area (Å²) in [5, 5.41) is 9.59. The average Bonchev–Trinajstić information content (AvgIpc) is 2.50. The molecule has 0 saturated heterocycles. The summed E-state index contributed by atoms with van der Waals surface area (Å²) in [6, 6.07) is 8.41. The standard InChI is InChI=1S/C16H13N3O4/c1-9-6-7-19(15(21)13(9)16(22)23)8-12-17-11-5-3-2-4-10(11)14(20)18-12/h2-7H,8H2,1H3,(H,22,23)(H,17,18,20). The number of fused-ring (bicyclic) bond motifs is 1. The summed E-state index contributed by atoms with van der Waals surface area (Å²) in [5.41, 5.74) is -0.309. The number of carboxylic acids is 1. The fourth-order valence-electron chi connectivity index (χ4n) is 2.42. The largest absolute Gasteiger partial charge is 0.477 e. The third-order valence-electron chi connectivity index (χ3n) is 3.57. The van der Waals surface area contributed by atoms with Gasteiger partial charge in [0.15, 0.2) is 0 Å². The summed E-state index contributed by atoms with van der Waals surface area (Å²) >= 11 is 0. The van der Waals surface area contributed by atoms with Crippen molar-refractivity contribution >= 4 is 16.9 Å². The Morgan fingerprint density at radius 2 is 2.00 bits per heavy atom. The molecule has 0 aliphatic carbocycles. The second-order valence-corrected chi connectivity index (χ2v) is 5.14. The molecule has 0 bridgehead atoms. The molecule has 0 amide bonds. The lowest BCUT2D eigenvalue weighted by atomic mass is 10.1. The molecule has 0 spiro atoms. The zero-order chi connectivity index (χ0) is 16.6. The van der Waals surface area contributed by atoms with E-state index in [4.69, 9.17) is 5.11 Å². The maximum Gasteiger partial charge on any atom is 0.341 e. The third kappa shape index (κ3) is 2.64. The molecule has 116 valence electrons. The highest BCUT2D eigenvalue weighted by Crippen LogP contribution is 2.07. The van der Waals surface area contributed by atoms with E-state index in [0.717, 1.165) is 0 Å². The molecule has 2 heterocycles. The molecule has 2 N–H and O–H groups in total. The molecule has 3 aromatic rings. The van der Waals surface area contributed by atoms with Crippen LogP contribution in [0.3, 0.4) is 0 Å². The SMILES string of the molecule is Cc1ccn(Cc2nc3ccccc3c(=O)[nH]2)c(=O)c1C(=O)O. The fourth-order valence-corrected chi connectivity index (χ4v) is 2.42. The molecule has 0 aliphatic rings. The van der Waals surface area contributed by atoms with Gasteiger partial charge in [0, 0.05) is 6.20 Å². The van der Waals surface area contributed by atoms with Crippen molar-refractivity contribution in [3.05, 3.63) is 74.2 Å². The Labute approximate surface area is 129 Å². The van der Waals surface area contributed by atoms with Gasteiger partial charge in [-0.2, -0.15) is 0 Å². The third-order valence-corrected chi connectivity index (χ3v) is 3.57. The number of aromatic nitrogens is 3. The normalized spacial score (nSPS) is 10.8. The summed E-state index contributed by atoms with van der Waals surface area (Å²) in [4.78, 5) is 42.4. The molecule has 0 atom stereocenters. The maximum atomic E-state index is 12.2. The molecule has 2 aromatic heterocycles. The van der Waals surface area contributed by atoms with Gasteiger partial charge in [-0.3, -0.25) is 9.59 Å². The van der Waals surface area contributed by atoms with E-state index in [-0.39, 0.29) is 23.5 Å². The number of carboxylic acid groups (broad SMARTS) is 1. The smallest absolute Gasteiger partial charge is 0.341 e. The van der Waals surface area contributed by atoms with Crippen molar-refractivity contribution in [3.8, 4) is 0 Å². The number of aryl methyl sites for hydroxylation is 1. The van der Waals surface area contributed by atoms with Crippen molar-refractivity contribution in [1.82, 2.24) is 14.5 Å². The van der Waals surface area contributed by atoms with Crippen molar-refractivity contribution in [2.75, 3.05) is 0 Å². The highest BCUT2D eigenvalue weighted by Gasteiger charge is 2.15.